The molecule has 3 heterocycles. The number of likely N-dealkylation sites (tertiary alicyclic amines) is 1. The number of piperidine rings is 1. The topological polar surface area (TPSA) is 119 Å². The van der Waals surface area contributed by atoms with E-state index in [2.05, 4.69) is 21.9 Å². The quantitative estimate of drug-likeness (QED) is 0.561. The molecule has 35 heavy (non-hydrogen) atoms. The molecule has 182 valence electrons. The van der Waals surface area contributed by atoms with Crippen LogP contribution in [0.15, 0.2) is 35.4 Å². The zero-order valence-corrected chi connectivity index (χ0v) is 20.9. The maximum absolute atomic E-state index is 12.4. The van der Waals surface area contributed by atoms with E-state index in [1.807, 2.05) is 37.3 Å². The number of amides is 1. The lowest BCUT2D eigenvalue weighted by molar-refractivity contribution is -0.117. The van der Waals surface area contributed by atoms with E-state index in [0.717, 1.165) is 44.6 Å². The number of ether oxygens (including phenoxy) is 1. The van der Waals surface area contributed by atoms with Gasteiger partial charge < -0.3 is 15.4 Å². The average molecular weight is 491 g/mol. The molecule has 1 aromatic carbocycles. The highest BCUT2D eigenvalue weighted by atomic mass is 32.2. The first-order chi connectivity index (χ1) is 17.0. The van der Waals surface area contributed by atoms with Crippen molar-refractivity contribution < 1.29 is 9.53 Å². The summed E-state index contributed by atoms with van der Waals surface area (Å²) in [7, 11) is 1.76. The van der Waals surface area contributed by atoms with Gasteiger partial charge in [-0.3, -0.25) is 9.69 Å². The van der Waals surface area contributed by atoms with Gasteiger partial charge in [0.1, 0.15) is 28.2 Å². The molecule has 0 radical (unpaired) electrons. The van der Waals surface area contributed by atoms with Gasteiger partial charge in [-0.05, 0) is 30.4 Å². The number of thioether (sulfide) groups is 1. The number of hydrogen-bond donors (Lipinski definition) is 1. The first-order valence-corrected chi connectivity index (χ1v) is 12.8. The Hall–Kier alpha value is -3.11. The fraction of sp³-hybridized carbons (Fsp3) is 0.462. The Bertz CT molecular complexity index is 1150. The predicted molar refractivity (Wildman–Crippen MR) is 135 cm³/mol. The lowest BCUT2D eigenvalue weighted by Crippen LogP contribution is -2.58. The number of aromatic nitrogens is 1. The van der Waals surface area contributed by atoms with Crippen molar-refractivity contribution in [2.24, 2.45) is 5.73 Å². The highest BCUT2D eigenvalue weighted by Gasteiger charge is 2.35. The molecule has 8 nitrogen and oxygen atoms in total. The van der Waals surface area contributed by atoms with Gasteiger partial charge in [0.15, 0.2) is 0 Å². The maximum atomic E-state index is 12.4. The molecule has 2 fully saturated rings. The van der Waals surface area contributed by atoms with Crippen LogP contribution >= 0.6 is 11.8 Å². The number of carbonyl (C=O) groups excluding carboxylic acids is 1. The second kappa shape index (κ2) is 11.1. The van der Waals surface area contributed by atoms with Crippen molar-refractivity contribution >= 4 is 23.5 Å². The molecule has 2 N–H and O–H groups in total. The summed E-state index contributed by atoms with van der Waals surface area (Å²) in [5.74, 6) is 0.0968. The van der Waals surface area contributed by atoms with Gasteiger partial charge in [-0.15, -0.1) is 0 Å². The molecule has 9 heteroatoms. The number of rotatable bonds is 8. The van der Waals surface area contributed by atoms with Crippen LogP contribution in [0.3, 0.4) is 0 Å². The van der Waals surface area contributed by atoms with Gasteiger partial charge >= 0.3 is 0 Å². The Labute approximate surface area is 210 Å². The number of nitrogens with two attached hydrogens (primary N) is 1. The maximum Gasteiger partial charge on any atom is 0.235 e. The second-order valence-corrected chi connectivity index (χ2v) is 9.98. The minimum atomic E-state index is -0.688. The van der Waals surface area contributed by atoms with Crippen molar-refractivity contribution in [3.8, 4) is 12.1 Å². The number of nitrogens with zero attached hydrogens (tertiary/aromatic N) is 5. The molecule has 2 aliphatic heterocycles. The van der Waals surface area contributed by atoms with Crippen LogP contribution < -0.4 is 10.6 Å². The largest absolute Gasteiger partial charge is 0.379 e. The second-order valence-electron chi connectivity index (χ2n) is 8.89. The lowest BCUT2D eigenvalue weighted by atomic mass is 9.97. The van der Waals surface area contributed by atoms with Crippen LogP contribution in [-0.2, 0) is 16.0 Å². The summed E-state index contributed by atoms with van der Waals surface area (Å²) in [4.78, 5) is 21.8. The standard InChI is InChI=1S/C26H30N6O2S/c1-3-20-21(13-27)25(31-11-9-18(10-12-31)32-15-19(16-32)34-2)30-26(22(20)14-28)35-23(24(29)33)17-7-5-4-6-8-17/h4-8,18-19,23H,3,9-12,15-16H2,1-2H3,(H2,29,33). The number of carbonyl (C=O) groups is 1. The molecule has 0 aliphatic carbocycles. The van der Waals surface area contributed by atoms with Crippen LogP contribution in [0.2, 0.25) is 0 Å². The normalized spacial score (nSPS) is 17.9. The molecular formula is C26H30N6O2S. The van der Waals surface area contributed by atoms with E-state index in [-0.39, 0.29) is 0 Å². The summed E-state index contributed by atoms with van der Waals surface area (Å²) >= 11 is 1.18. The number of nitriles is 2. The number of primary amides is 1. The van der Waals surface area contributed by atoms with Crippen LogP contribution in [0, 0.1) is 22.7 Å². The van der Waals surface area contributed by atoms with E-state index in [4.69, 9.17) is 15.5 Å². The fourth-order valence-corrected chi connectivity index (χ4v) is 5.95. The Balaban J connectivity index is 1.64. The summed E-state index contributed by atoms with van der Waals surface area (Å²) in [6, 6.07) is 14.3. The molecular weight excluding hydrogens is 460 g/mol. The Morgan fingerprint density at radius 3 is 2.40 bits per heavy atom. The molecule has 1 atom stereocenters. The van der Waals surface area contributed by atoms with Crippen LogP contribution in [-0.4, -0.2) is 61.2 Å². The molecule has 1 amide bonds. The molecule has 2 aliphatic rings. The van der Waals surface area contributed by atoms with E-state index in [9.17, 15) is 15.3 Å². The minimum absolute atomic E-state index is 0.327. The van der Waals surface area contributed by atoms with Crippen LogP contribution in [0.4, 0.5) is 5.82 Å². The third-order valence-electron chi connectivity index (χ3n) is 6.91. The molecule has 1 unspecified atom stereocenters. The van der Waals surface area contributed by atoms with Crippen molar-refractivity contribution in [2.75, 3.05) is 38.2 Å². The number of hydrogen-bond acceptors (Lipinski definition) is 8. The first kappa shape index (κ1) is 25.0. The molecule has 0 spiro atoms. The van der Waals surface area contributed by atoms with Gasteiger partial charge in [0.2, 0.25) is 5.91 Å². The van der Waals surface area contributed by atoms with Gasteiger partial charge in [0, 0.05) is 39.3 Å². The smallest absolute Gasteiger partial charge is 0.235 e. The van der Waals surface area contributed by atoms with E-state index in [1.165, 1.54) is 11.8 Å². The number of methoxy groups -OCH3 is 1. The van der Waals surface area contributed by atoms with Gasteiger partial charge in [0.25, 0.3) is 0 Å². The highest BCUT2D eigenvalue weighted by molar-refractivity contribution is 8.00. The number of pyridine rings is 1. The third-order valence-corrected chi connectivity index (χ3v) is 8.16. The predicted octanol–water partition coefficient (Wildman–Crippen LogP) is 3.01. The van der Waals surface area contributed by atoms with Crippen molar-refractivity contribution in [1.82, 2.24) is 9.88 Å². The van der Waals surface area contributed by atoms with Crippen molar-refractivity contribution in [1.29, 1.82) is 10.5 Å². The van der Waals surface area contributed by atoms with E-state index in [1.54, 1.807) is 7.11 Å². The number of anilines is 1. The Morgan fingerprint density at radius 2 is 1.86 bits per heavy atom. The summed E-state index contributed by atoms with van der Waals surface area (Å²) in [5.41, 5.74) is 7.98. The molecule has 0 bridgehead atoms. The Kier molecular flexibility index (Phi) is 7.92. The van der Waals surface area contributed by atoms with Gasteiger partial charge in [-0.2, -0.15) is 10.5 Å². The highest BCUT2D eigenvalue weighted by Crippen LogP contribution is 2.40. The molecule has 1 aromatic heterocycles. The van der Waals surface area contributed by atoms with Crippen LogP contribution in [0.5, 0.6) is 0 Å². The zero-order valence-electron chi connectivity index (χ0n) is 20.1. The number of benzene rings is 1. The van der Waals surface area contributed by atoms with Gasteiger partial charge in [-0.1, -0.05) is 49.0 Å². The van der Waals surface area contributed by atoms with Crippen molar-refractivity contribution in [2.45, 2.75) is 48.6 Å². The van der Waals surface area contributed by atoms with Crippen LogP contribution in [0.1, 0.15) is 47.3 Å². The van der Waals surface area contributed by atoms with Crippen molar-refractivity contribution in [3.05, 3.63) is 52.6 Å². The van der Waals surface area contributed by atoms with Crippen molar-refractivity contribution in [3.63, 3.8) is 0 Å². The first-order valence-electron chi connectivity index (χ1n) is 11.9. The van der Waals surface area contributed by atoms with Crippen LogP contribution in [0.25, 0.3) is 0 Å². The fourth-order valence-electron chi connectivity index (χ4n) is 4.89. The molecule has 4 rings (SSSR count). The zero-order chi connectivity index (χ0) is 24.9. The summed E-state index contributed by atoms with van der Waals surface area (Å²) in [5, 5.41) is 19.8. The van der Waals surface area contributed by atoms with E-state index >= 15 is 0 Å². The van der Waals surface area contributed by atoms with E-state index in [0.29, 0.717) is 46.1 Å². The lowest BCUT2D eigenvalue weighted by Gasteiger charge is -2.46. The average Bonchev–Trinajstić information content (AvgIpc) is 2.86. The molecule has 0 saturated carbocycles. The summed E-state index contributed by atoms with van der Waals surface area (Å²) in [6.07, 6.45) is 2.79. The van der Waals surface area contributed by atoms with Gasteiger partial charge in [-0.25, -0.2) is 4.98 Å². The summed E-state index contributed by atoms with van der Waals surface area (Å²) < 4.78 is 5.41. The molecule has 2 aromatic rings. The molecule has 2 saturated heterocycles. The Morgan fingerprint density at radius 1 is 1.20 bits per heavy atom. The van der Waals surface area contributed by atoms with Gasteiger partial charge in [0.05, 0.1) is 17.2 Å². The summed E-state index contributed by atoms with van der Waals surface area (Å²) in [6.45, 7) is 5.42. The monoisotopic (exact) mass is 490 g/mol. The minimum Gasteiger partial charge on any atom is -0.379 e. The SMILES string of the molecule is CCc1c(C#N)c(SC(C(N)=O)c2ccccc2)nc(N2CCC(N3CC(OC)C3)CC2)c1C#N. The third kappa shape index (κ3) is 5.13. The van der Waals surface area contributed by atoms with E-state index < -0.39 is 11.2 Å².